The highest BCUT2D eigenvalue weighted by molar-refractivity contribution is 5.68. The van der Waals surface area contributed by atoms with Crippen LogP contribution in [0.4, 0.5) is 0 Å². The molecule has 0 aliphatic rings. The summed E-state index contributed by atoms with van der Waals surface area (Å²) in [5.74, 6) is -0.0000861. The van der Waals surface area contributed by atoms with E-state index in [4.69, 9.17) is 0 Å². The highest BCUT2D eigenvalue weighted by Gasteiger charge is 2.16. The fourth-order valence-electron chi connectivity index (χ4n) is 3.25. The number of rotatable bonds is 9. The summed E-state index contributed by atoms with van der Waals surface area (Å²) < 4.78 is 0. The number of hydrogen-bond donors (Lipinski definition) is 4. The lowest BCUT2D eigenvalue weighted by Crippen LogP contribution is -2.06. The first kappa shape index (κ1) is 22.6. The Balaban J connectivity index is 2.67. The van der Waals surface area contributed by atoms with Crippen LogP contribution in [-0.2, 0) is 0 Å². The minimum Gasteiger partial charge on any atom is -0.396 e. The smallest absolute Gasteiger partial charge is 0.0497 e. The topological polar surface area (TPSA) is 80.9 Å². The molecule has 154 valence electrons. The van der Waals surface area contributed by atoms with Gasteiger partial charge in [0.2, 0.25) is 0 Å². The number of hydrogen-bond acceptors (Lipinski definition) is 4. The molecule has 0 bridgehead atoms. The van der Waals surface area contributed by atoms with Crippen LogP contribution in [0.25, 0.3) is 11.1 Å². The van der Waals surface area contributed by atoms with Crippen molar-refractivity contribution >= 4 is 0 Å². The van der Waals surface area contributed by atoms with E-state index in [1.165, 1.54) is 0 Å². The molecule has 0 aliphatic carbocycles. The average molecular weight is 387 g/mol. The van der Waals surface area contributed by atoms with Crippen LogP contribution in [0.15, 0.2) is 36.4 Å². The van der Waals surface area contributed by atoms with E-state index in [0.29, 0.717) is 0 Å². The minimum absolute atomic E-state index is 0.0000215. The average Bonchev–Trinajstić information content (AvgIpc) is 2.75. The molecule has 0 heterocycles. The molecule has 2 aromatic rings. The second-order valence-electron chi connectivity index (χ2n) is 8.11. The van der Waals surface area contributed by atoms with Crippen LogP contribution in [0, 0.1) is 0 Å². The fraction of sp³-hybridized carbons (Fsp3) is 0.500. The lowest BCUT2D eigenvalue weighted by Gasteiger charge is -2.20. The van der Waals surface area contributed by atoms with Crippen molar-refractivity contribution in [3.63, 3.8) is 0 Å². The molecule has 0 fully saturated rings. The second kappa shape index (κ2) is 10.2. The Morgan fingerprint density at radius 2 is 0.679 bits per heavy atom. The van der Waals surface area contributed by atoms with Crippen molar-refractivity contribution in [3.8, 4) is 11.1 Å². The molecule has 4 unspecified atom stereocenters. The molecule has 0 aliphatic heterocycles. The van der Waals surface area contributed by atoms with Crippen LogP contribution in [-0.4, -0.2) is 46.9 Å². The largest absolute Gasteiger partial charge is 0.396 e. The van der Waals surface area contributed by atoms with E-state index in [2.05, 4.69) is 36.4 Å². The maximum Gasteiger partial charge on any atom is 0.0497 e. The van der Waals surface area contributed by atoms with Crippen molar-refractivity contribution in [2.24, 2.45) is 0 Å². The number of benzene rings is 2. The van der Waals surface area contributed by atoms with E-state index in [1.54, 1.807) is 0 Å². The van der Waals surface area contributed by atoms with Gasteiger partial charge in [-0.3, -0.25) is 0 Å². The maximum absolute atomic E-state index is 9.63. The lowest BCUT2D eigenvalue weighted by atomic mass is 9.87. The Morgan fingerprint density at radius 1 is 0.464 bits per heavy atom. The molecular formula is C24H34O4. The van der Waals surface area contributed by atoms with Gasteiger partial charge < -0.3 is 20.4 Å². The normalized spacial score (nSPS) is 15.9. The maximum atomic E-state index is 9.63. The molecule has 0 spiro atoms. The van der Waals surface area contributed by atoms with Crippen molar-refractivity contribution in [2.45, 2.75) is 51.4 Å². The summed E-state index contributed by atoms with van der Waals surface area (Å²) in [6.45, 7) is 8.17. The van der Waals surface area contributed by atoms with Gasteiger partial charge in [-0.05, 0) is 33.4 Å². The molecule has 0 saturated heterocycles. The van der Waals surface area contributed by atoms with Gasteiger partial charge in [-0.25, -0.2) is 0 Å². The summed E-state index contributed by atoms with van der Waals surface area (Å²) in [7, 11) is 0. The van der Waals surface area contributed by atoms with Gasteiger partial charge in [-0.1, -0.05) is 64.1 Å². The third-order valence-electron chi connectivity index (χ3n) is 5.66. The molecule has 4 atom stereocenters. The van der Waals surface area contributed by atoms with E-state index in [1.807, 2.05) is 27.7 Å². The van der Waals surface area contributed by atoms with E-state index >= 15 is 0 Å². The van der Waals surface area contributed by atoms with Crippen LogP contribution in [0.2, 0.25) is 0 Å². The Labute approximate surface area is 168 Å². The van der Waals surface area contributed by atoms with E-state index < -0.39 is 0 Å². The summed E-state index contributed by atoms with van der Waals surface area (Å²) in [6.07, 6.45) is 0. The van der Waals surface area contributed by atoms with Gasteiger partial charge in [-0.2, -0.15) is 0 Å². The van der Waals surface area contributed by atoms with E-state index in [9.17, 15) is 20.4 Å². The quantitative estimate of drug-likeness (QED) is 0.529. The first-order valence-electron chi connectivity index (χ1n) is 10.1. The summed E-state index contributed by atoms with van der Waals surface area (Å²) in [4.78, 5) is 0. The highest BCUT2D eigenvalue weighted by atomic mass is 16.3. The molecular weight excluding hydrogens is 352 g/mol. The fourth-order valence-corrected chi connectivity index (χ4v) is 3.25. The van der Waals surface area contributed by atoms with Crippen LogP contribution in [0.1, 0.15) is 73.6 Å². The van der Waals surface area contributed by atoms with Crippen LogP contribution < -0.4 is 0 Å². The Hall–Kier alpha value is -1.72. The molecule has 4 heteroatoms. The molecule has 4 N–H and O–H groups in total. The zero-order valence-corrected chi connectivity index (χ0v) is 17.4. The molecule has 4 nitrogen and oxygen atoms in total. The third-order valence-corrected chi connectivity index (χ3v) is 5.66. The van der Waals surface area contributed by atoms with Gasteiger partial charge in [0.05, 0.1) is 0 Å². The zero-order chi connectivity index (χ0) is 20.8. The molecule has 0 amide bonds. The van der Waals surface area contributed by atoms with Crippen LogP contribution >= 0.6 is 0 Å². The summed E-state index contributed by atoms with van der Waals surface area (Å²) >= 11 is 0. The van der Waals surface area contributed by atoms with Gasteiger partial charge in [0, 0.05) is 50.1 Å². The van der Waals surface area contributed by atoms with Gasteiger partial charge in [0.15, 0.2) is 0 Å². The van der Waals surface area contributed by atoms with Crippen LogP contribution in [0.3, 0.4) is 0 Å². The first-order chi connectivity index (χ1) is 13.3. The van der Waals surface area contributed by atoms with Crippen molar-refractivity contribution in [2.75, 3.05) is 26.4 Å². The molecule has 0 radical (unpaired) electrons. The van der Waals surface area contributed by atoms with Crippen molar-refractivity contribution < 1.29 is 20.4 Å². The number of aliphatic hydroxyl groups is 4. The molecule has 0 saturated carbocycles. The Kier molecular flexibility index (Phi) is 8.20. The zero-order valence-electron chi connectivity index (χ0n) is 17.4. The lowest BCUT2D eigenvalue weighted by molar-refractivity contribution is 0.270. The molecule has 0 aromatic heterocycles. The second-order valence-corrected chi connectivity index (χ2v) is 8.11. The van der Waals surface area contributed by atoms with Crippen LogP contribution in [0.5, 0.6) is 0 Å². The van der Waals surface area contributed by atoms with Crippen molar-refractivity contribution in [3.05, 3.63) is 58.7 Å². The molecule has 28 heavy (non-hydrogen) atoms. The first-order valence-corrected chi connectivity index (χ1v) is 10.1. The van der Waals surface area contributed by atoms with Gasteiger partial charge in [0.25, 0.3) is 0 Å². The van der Waals surface area contributed by atoms with Crippen molar-refractivity contribution in [1.29, 1.82) is 0 Å². The monoisotopic (exact) mass is 386 g/mol. The summed E-state index contributed by atoms with van der Waals surface area (Å²) in [5.41, 5.74) is 6.18. The predicted octanol–water partition coefficient (Wildman–Crippen LogP) is 3.74. The SMILES string of the molecule is CC(CO)c1cc(-c2cc(C(C)CO)cc(C(C)CO)c2)cc(C(C)CO)c1. The van der Waals surface area contributed by atoms with Gasteiger partial charge in [-0.15, -0.1) is 0 Å². The van der Waals surface area contributed by atoms with Gasteiger partial charge >= 0.3 is 0 Å². The summed E-state index contributed by atoms with van der Waals surface area (Å²) in [6, 6.07) is 12.5. The van der Waals surface area contributed by atoms with Gasteiger partial charge in [0.1, 0.15) is 0 Å². The van der Waals surface area contributed by atoms with Crippen molar-refractivity contribution in [1.82, 2.24) is 0 Å². The summed E-state index contributed by atoms with van der Waals surface area (Å²) in [5, 5.41) is 38.5. The van der Waals surface area contributed by atoms with E-state index in [-0.39, 0.29) is 50.1 Å². The Morgan fingerprint density at radius 3 is 0.857 bits per heavy atom. The number of aliphatic hydroxyl groups excluding tert-OH is 4. The van der Waals surface area contributed by atoms with E-state index in [0.717, 1.165) is 33.4 Å². The third kappa shape index (κ3) is 5.21. The molecule has 2 rings (SSSR count). The standard InChI is InChI=1S/C24H34O4/c1-15(11-25)19-5-20(16(2)12-26)8-23(7-19)24-9-21(17(3)13-27)6-22(10-24)18(4)14-28/h5-10,15-18,25-28H,11-14H2,1-4H3. The minimum atomic E-state index is -0.0000215. The highest BCUT2D eigenvalue weighted by Crippen LogP contribution is 2.33. The predicted molar refractivity (Wildman–Crippen MR) is 114 cm³/mol. The Bertz CT molecular complexity index is 649. The molecule has 2 aromatic carbocycles.